The highest BCUT2D eigenvalue weighted by molar-refractivity contribution is 5.75. The fourth-order valence-corrected chi connectivity index (χ4v) is 1.59. The molecule has 2 N–H and O–H groups in total. The molecule has 0 heterocycles. The molecule has 0 fully saturated rings. The average molecular weight is 211 g/mol. The molecule has 4 nitrogen and oxygen atoms in total. The van der Waals surface area contributed by atoms with E-state index in [2.05, 4.69) is 13.0 Å². The molecule has 0 aromatic rings. The van der Waals surface area contributed by atoms with Crippen LogP contribution < -0.4 is 5.73 Å². The van der Waals surface area contributed by atoms with Crippen LogP contribution in [0.25, 0.3) is 0 Å². The van der Waals surface area contributed by atoms with E-state index in [4.69, 9.17) is 11.0 Å². The van der Waals surface area contributed by atoms with Crippen molar-refractivity contribution in [2.45, 2.75) is 45.6 Å². The molecule has 0 bridgehead atoms. The van der Waals surface area contributed by atoms with Gasteiger partial charge in [0.15, 0.2) is 0 Å². The highest BCUT2D eigenvalue weighted by Gasteiger charge is 2.17. The summed E-state index contributed by atoms with van der Waals surface area (Å²) < 4.78 is 0. The summed E-state index contributed by atoms with van der Waals surface area (Å²) in [6.45, 7) is 5.25. The zero-order valence-corrected chi connectivity index (χ0v) is 9.70. The molecule has 0 aromatic carbocycles. The van der Waals surface area contributed by atoms with E-state index in [0.717, 1.165) is 25.8 Å². The molecule has 0 aliphatic carbocycles. The van der Waals surface area contributed by atoms with Crippen LogP contribution >= 0.6 is 0 Å². The van der Waals surface area contributed by atoms with Crippen LogP contribution in [0.2, 0.25) is 0 Å². The molecular weight excluding hydrogens is 190 g/mol. The molecule has 0 saturated heterocycles. The van der Waals surface area contributed by atoms with E-state index >= 15 is 0 Å². The number of carbonyl (C=O) groups is 1. The van der Waals surface area contributed by atoms with Gasteiger partial charge in [-0.3, -0.25) is 9.69 Å². The van der Waals surface area contributed by atoms with Crippen molar-refractivity contribution in [3.05, 3.63) is 0 Å². The number of amides is 1. The van der Waals surface area contributed by atoms with E-state index < -0.39 is 0 Å². The molecule has 1 amide bonds. The monoisotopic (exact) mass is 211 g/mol. The number of nitrogens with two attached hydrogens (primary N) is 1. The van der Waals surface area contributed by atoms with E-state index in [-0.39, 0.29) is 18.5 Å². The average Bonchev–Trinajstić information content (AvgIpc) is 2.20. The Morgan fingerprint density at radius 3 is 2.60 bits per heavy atom. The number of hydrogen-bond donors (Lipinski definition) is 1. The first-order valence-electron chi connectivity index (χ1n) is 5.54. The maximum Gasteiger partial charge on any atom is 0.231 e. The predicted molar refractivity (Wildman–Crippen MR) is 60.0 cm³/mol. The molecule has 0 aliphatic heterocycles. The van der Waals surface area contributed by atoms with Gasteiger partial charge in [-0.1, -0.05) is 20.3 Å². The minimum Gasteiger partial charge on any atom is -0.369 e. The molecule has 0 aliphatic rings. The van der Waals surface area contributed by atoms with E-state index in [0.29, 0.717) is 6.42 Å². The number of primary amides is 1. The smallest absolute Gasteiger partial charge is 0.231 e. The van der Waals surface area contributed by atoms with Gasteiger partial charge in [0.1, 0.15) is 0 Å². The summed E-state index contributed by atoms with van der Waals surface area (Å²) in [5.74, 6) is -0.317. The molecule has 86 valence electrons. The van der Waals surface area contributed by atoms with E-state index in [9.17, 15) is 4.79 Å². The van der Waals surface area contributed by atoms with Gasteiger partial charge in [-0.2, -0.15) is 5.26 Å². The Morgan fingerprint density at radius 1 is 1.53 bits per heavy atom. The van der Waals surface area contributed by atoms with Crippen molar-refractivity contribution >= 4 is 5.91 Å². The minimum absolute atomic E-state index is 0.161. The van der Waals surface area contributed by atoms with Crippen molar-refractivity contribution in [3.63, 3.8) is 0 Å². The first-order valence-corrected chi connectivity index (χ1v) is 5.54. The molecule has 0 radical (unpaired) electrons. The van der Waals surface area contributed by atoms with Gasteiger partial charge in [0.05, 0.1) is 19.0 Å². The second-order valence-corrected chi connectivity index (χ2v) is 3.71. The van der Waals surface area contributed by atoms with Gasteiger partial charge in [0, 0.05) is 6.04 Å². The van der Waals surface area contributed by atoms with Crippen LogP contribution in [0.4, 0.5) is 0 Å². The van der Waals surface area contributed by atoms with Gasteiger partial charge in [-0.15, -0.1) is 0 Å². The quantitative estimate of drug-likeness (QED) is 0.657. The third kappa shape index (κ3) is 6.08. The molecule has 0 spiro atoms. The normalized spacial score (nSPS) is 12.4. The summed E-state index contributed by atoms with van der Waals surface area (Å²) in [5, 5.41) is 8.68. The summed E-state index contributed by atoms with van der Waals surface area (Å²) in [4.78, 5) is 12.9. The molecule has 0 saturated carbocycles. The molecule has 0 rings (SSSR count). The topological polar surface area (TPSA) is 70.1 Å². The molecule has 4 heteroatoms. The molecule has 1 atom stereocenters. The zero-order chi connectivity index (χ0) is 11.7. The number of nitriles is 1. The first kappa shape index (κ1) is 13.9. The number of hydrogen-bond acceptors (Lipinski definition) is 3. The molecule has 0 aromatic heterocycles. The highest BCUT2D eigenvalue weighted by atomic mass is 16.1. The fourth-order valence-electron chi connectivity index (χ4n) is 1.59. The van der Waals surface area contributed by atoms with Gasteiger partial charge < -0.3 is 5.73 Å². The Morgan fingerprint density at radius 2 is 2.20 bits per heavy atom. The lowest BCUT2D eigenvalue weighted by atomic mass is 10.1. The Balaban J connectivity index is 4.29. The van der Waals surface area contributed by atoms with Crippen LogP contribution in [0.15, 0.2) is 0 Å². The van der Waals surface area contributed by atoms with E-state index in [1.165, 1.54) is 0 Å². The van der Waals surface area contributed by atoms with Crippen LogP contribution in [0.5, 0.6) is 0 Å². The number of nitrogens with zero attached hydrogens (tertiary/aromatic N) is 2. The zero-order valence-electron chi connectivity index (χ0n) is 9.70. The lowest BCUT2D eigenvalue weighted by Gasteiger charge is -2.28. The summed E-state index contributed by atoms with van der Waals surface area (Å²) >= 11 is 0. The van der Waals surface area contributed by atoms with Crippen molar-refractivity contribution in [1.82, 2.24) is 4.90 Å². The van der Waals surface area contributed by atoms with Gasteiger partial charge in [-0.05, 0) is 19.4 Å². The van der Waals surface area contributed by atoms with Crippen molar-refractivity contribution in [3.8, 4) is 6.07 Å². The fraction of sp³-hybridized carbons (Fsp3) is 0.818. The summed E-state index contributed by atoms with van der Waals surface area (Å²) in [7, 11) is 0. The second-order valence-electron chi connectivity index (χ2n) is 3.71. The maximum atomic E-state index is 10.9. The van der Waals surface area contributed by atoms with Gasteiger partial charge >= 0.3 is 0 Å². The third-order valence-electron chi connectivity index (χ3n) is 2.47. The summed E-state index contributed by atoms with van der Waals surface area (Å²) in [5.41, 5.74) is 5.19. The molecular formula is C11H21N3O. The Labute approximate surface area is 92.0 Å². The Kier molecular flexibility index (Phi) is 7.65. The van der Waals surface area contributed by atoms with Crippen LogP contribution in [0.1, 0.15) is 39.5 Å². The second kappa shape index (κ2) is 8.25. The number of unbranched alkanes of at least 4 members (excludes halogenated alkanes) is 1. The van der Waals surface area contributed by atoms with Crippen molar-refractivity contribution in [1.29, 1.82) is 5.26 Å². The van der Waals surface area contributed by atoms with Crippen molar-refractivity contribution in [2.24, 2.45) is 5.73 Å². The van der Waals surface area contributed by atoms with Crippen LogP contribution in [-0.2, 0) is 4.79 Å². The van der Waals surface area contributed by atoms with Gasteiger partial charge in [-0.25, -0.2) is 0 Å². The third-order valence-corrected chi connectivity index (χ3v) is 2.47. The maximum absolute atomic E-state index is 10.9. The summed E-state index contributed by atoms with van der Waals surface area (Å²) in [6, 6.07) is 2.32. The lowest BCUT2D eigenvalue weighted by molar-refractivity contribution is -0.119. The summed E-state index contributed by atoms with van der Waals surface area (Å²) in [6.07, 6.45) is 3.46. The first-order chi connectivity index (χ1) is 7.15. The Hall–Kier alpha value is -1.08. The molecule has 15 heavy (non-hydrogen) atoms. The van der Waals surface area contributed by atoms with Gasteiger partial charge in [0.25, 0.3) is 0 Å². The van der Waals surface area contributed by atoms with Crippen LogP contribution in [-0.4, -0.2) is 29.9 Å². The van der Waals surface area contributed by atoms with Crippen molar-refractivity contribution in [2.75, 3.05) is 13.1 Å². The van der Waals surface area contributed by atoms with E-state index in [1.54, 1.807) is 0 Å². The SMILES string of the molecule is CCCCN(CC(N)=O)C(CC)CC#N. The van der Waals surface area contributed by atoms with Crippen LogP contribution in [0.3, 0.4) is 0 Å². The lowest BCUT2D eigenvalue weighted by Crippen LogP contribution is -2.41. The molecule has 1 unspecified atom stereocenters. The standard InChI is InChI=1S/C11H21N3O/c1-3-5-8-14(9-11(13)15)10(4-2)6-7-12/h10H,3-6,8-9H2,1-2H3,(H2,13,15). The Bertz CT molecular complexity index is 222. The number of rotatable bonds is 8. The highest BCUT2D eigenvalue weighted by Crippen LogP contribution is 2.09. The van der Waals surface area contributed by atoms with Crippen LogP contribution in [0, 0.1) is 11.3 Å². The predicted octanol–water partition coefficient (Wildman–Crippen LogP) is 1.27. The van der Waals surface area contributed by atoms with Gasteiger partial charge in [0.2, 0.25) is 5.91 Å². The largest absolute Gasteiger partial charge is 0.369 e. The van der Waals surface area contributed by atoms with Crippen molar-refractivity contribution < 1.29 is 4.79 Å². The minimum atomic E-state index is -0.317. The number of carbonyl (C=O) groups excluding carboxylic acids is 1. The van der Waals surface area contributed by atoms with E-state index in [1.807, 2.05) is 11.8 Å².